The first-order valence-corrected chi connectivity index (χ1v) is 9.58. The normalized spacial score (nSPS) is 22.6. The number of hydrogen-bond acceptors (Lipinski definition) is 5. The molecule has 2 fully saturated rings. The monoisotopic (exact) mass is 355 g/mol. The maximum atomic E-state index is 5.46. The zero-order valence-electron chi connectivity index (χ0n) is 16.5. The van der Waals surface area contributed by atoms with Gasteiger partial charge in [-0.05, 0) is 19.8 Å². The quantitative estimate of drug-likeness (QED) is 0.504. The lowest BCUT2D eigenvalue weighted by Crippen LogP contribution is -2.56. The topological polar surface area (TPSA) is 61.4 Å². The van der Waals surface area contributed by atoms with Crippen LogP contribution in [0.2, 0.25) is 0 Å². The highest BCUT2D eigenvalue weighted by Crippen LogP contribution is 2.15. The summed E-state index contributed by atoms with van der Waals surface area (Å²) < 4.78 is 10.9. The molecule has 0 spiro atoms. The van der Waals surface area contributed by atoms with Crippen molar-refractivity contribution in [3.63, 3.8) is 0 Å². The third-order valence-corrected chi connectivity index (χ3v) is 5.07. The molecule has 2 N–H and O–H groups in total. The van der Waals surface area contributed by atoms with E-state index in [-0.39, 0.29) is 5.54 Å². The van der Waals surface area contributed by atoms with Crippen molar-refractivity contribution >= 4 is 5.96 Å². The molecule has 0 bridgehead atoms. The van der Waals surface area contributed by atoms with Gasteiger partial charge in [0.25, 0.3) is 0 Å². The third-order valence-electron chi connectivity index (χ3n) is 5.07. The standard InChI is InChI=1S/C18H37N5O2/c1-16(14-22-5-9-24-10-6-22)13-20-17(19-4)21-15-18(2,3)23-7-11-25-12-8-23/h16H,5-15H2,1-4H3,(H2,19,20,21). The highest BCUT2D eigenvalue weighted by Gasteiger charge is 2.28. The van der Waals surface area contributed by atoms with Crippen LogP contribution in [0, 0.1) is 5.92 Å². The van der Waals surface area contributed by atoms with E-state index < -0.39 is 0 Å². The zero-order chi connectivity index (χ0) is 18.1. The molecule has 2 aliphatic rings. The molecule has 0 aromatic heterocycles. The van der Waals surface area contributed by atoms with Crippen LogP contribution in [-0.4, -0.2) is 101 Å². The van der Waals surface area contributed by atoms with Crippen molar-refractivity contribution in [1.82, 2.24) is 20.4 Å². The van der Waals surface area contributed by atoms with E-state index in [0.29, 0.717) is 5.92 Å². The van der Waals surface area contributed by atoms with Gasteiger partial charge >= 0.3 is 0 Å². The first kappa shape index (κ1) is 20.4. The highest BCUT2D eigenvalue weighted by molar-refractivity contribution is 5.79. The second-order valence-electron chi connectivity index (χ2n) is 7.74. The van der Waals surface area contributed by atoms with Crippen molar-refractivity contribution in [2.75, 3.05) is 79.3 Å². The van der Waals surface area contributed by atoms with Gasteiger partial charge in [0.15, 0.2) is 5.96 Å². The van der Waals surface area contributed by atoms with Gasteiger partial charge in [0.2, 0.25) is 0 Å². The Bertz CT molecular complexity index is 404. The molecular formula is C18H37N5O2. The summed E-state index contributed by atoms with van der Waals surface area (Å²) in [6, 6.07) is 0. The van der Waals surface area contributed by atoms with Gasteiger partial charge in [0.05, 0.1) is 26.4 Å². The molecule has 2 aliphatic heterocycles. The number of ether oxygens (including phenoxy) is 2. The van der Waals surface area contributed by atoms with Crippen LogP contribution in [0.15, 0.2) is 4.99 Å². The first-order valence-electron chi connectivity index (χ1n) is 9.58. The van der Waals surface area contributed by atoms with Gasteiger partial charge in [0, 0.05) is 58.4 Å². The summed E-state index contributed by atoms with van der Waals surface area (Å²) in [5.74, 6) is 1.46. The molecular weight excluding hydrogens is 318 g/mol. The lowest BCUT2D eigenvalue weighted by atomic mass is 10.0. The third kappa shape index (κ3) is 7.09. The SMILES string of the molecule is CN=C(NCC(C)CN1CCOCC1)NCC(C)(C)N1CCOCC1. The van der Waals surface area contributed by atoms with E-state index in [1.54, 1.807) is 0 Å². The lowest BCUT2D eigenvalue weighted by Gasteiger charge is -2.41. The largest absolute Gasteiger partial charge is 0.379 e. The van der Waals surface area contributed by atoms with Crippen molar-refractivity contribution < 1.29 is 9.47 Å². The Hall–Kier alpha value is -0.890. The number of nitrogens with one attached hydrogen (secondary N) is 2. The van der Waals surface area contributed by atoms with Crippen molar-refractivity contribution in [1.29, 1.82) is 0 Å². The Kier molecular flexibility index (Phi) is 8.42. The van der Waals surface area contributed by atoms with Crippen molar-refractivity contribution in [2.24, 2.45) is 10.9 Å². The minimum Gasteiger partial charge on any atom is -0.379 e. The maximum Gasteiger partial charge on any atom is 0.191 e. The van der Waals surface area contributed by atoms with Crippen LogP contribution < -0.4 is 10.6 Å². The molecule has 7 heteroatoms. The van der Waals surface area contributed by atoms with Gasteiger partial charge in [-0.2, -0.15) is 0 Å². The van der Waals surface area contributed by atoms with E-state index in [1.807, 2.05) is 7.05 Å². The minimum atomic E-state index is 0.0841. The van der Waals surface area contributed by atoms with E-state index in [0.717, 1.165) is 78.2 Å². The molecule has 2 rings (SSSR count). The van der Waals surface area contributed by atoms with Crippen LogP contribution in [0.25, 0.3) is 0 Å². The van der Waals surface area contributed by atoms with Gasteiger partial charge in [-0.25, -0.2) is 0 Å². The summed E-state index contributed by atoms with van der Waals surface area (Å²) in [7, 11) is 1.84. The molecule has 0 radical (unpaired) electrons. The van der Waals surface area contributed by atoms with Crippen LogP contribution >= 0.6 is 0 Å². The van der Waals surface area contributed by atoms with Gasteiger partial charge in [0.1, 0.15) is 0 Å². The molecule has 1 unspecified atom stereocenters. The van der Waals surface area contributed by atoms with Gasteiger partial charge < -0.3 is 20.1 Å². The summed E-state index contributed by atoms with van der Waals surface area (Å²) in [6.07, 6.45) is 0. The molecule has 1 atom stereocenters. The number of aliphatic imine (C=N–C) groups is 1. The van der Waals surface area contributed by atoms with Gasteiger partial charge in [-0.1, -0.05) is 6.92 Å². The molecule has 7 nitrogen and oxygen atoms in total. The minimum absolute atomic E-state index is 0.0841. The summed E-state index contributed by atoms with van der Waals surface area (Å²) in [5, 5.41) is 6.96. The molecule has 0 aliphatic carbocycles. The Morgan fingerprint density at radius 1 is 1.04 bits per heavy atom. The molecule has 0 amide bonds. The van der Waals surface area contributed by atoms with Crippen molar-refractivity contribution in [3.8, 4) is 0 Å². The number of hydrogen-bond donors (Lipinski definition) is 2. The van der Waals surface area contributed by atoms with Crippen LogP contribution in [-0.2, 0) is 9.47 Å². The second kappa shape index (κ2) is 10.3. The Labute approximate surface area is 153 Å². The summed E-state index contributed by atoms with van der Waals surface area (Å²) in [5.41, 5.74) is 0.0841. The van der Waals surface area contributed by atoms with Crippen LogP contribution in [0.3, 0.4) is 0 Å². The number of morpholine rings is 2. The highest BCUT2D eigenvalue weighted by atomic mass is 16.5. The summed E-state index contributed by atoms with van der Waals surface area (Å²) in [4.78, 5) is 9.34. The fraction of sp³-hybridized carbons (Fsp3) is 0.944. The molecule has 0 aromatic carbocycles. The molecule has 0 saturated carbocycles. The molecule has 2 heterocycles. The molecule has 25 heavy (non-hydrogen) atoms. The van der Waals surface area contributed by atoms with Crippen LogP contribution in [0.4, 0.5) is 0 Å². The second-order valence-corrected chi connectivity index (χ2v) is 7.74. The Balaban J connectivity index is 1.68. The maximum absolute atomic E-state index is 5.46. The predicted octanol–water partition coefficient (Wildman–Crippen LogP) is 0.231. The number of nitrogens with zero attached hydrogens (tertiary/aromatic N) is 3. The van der Waals surface area contributed by atoms with E-state index in [4.69, 9.17) is 9.47 Å². The van der Waals surface area contributed by atoms with Crippen molar-refractivity contribution in [2.45, 2.75) is 26.3 Å². The Morgan fingerprint density at radius 2 is 1.64 bits per heavy atom. The van der Waals surface area contributed by atoms with Crippen molar-refractivity contribution in [3.05, 3.63) is 0 Å². The van der Waals surface area contributed by atoms with E-state index >= 15 is 0 Å². The molecule has 146 valence electrons. The molecule has 0 aromatic rings. The predicted molar refractivity (Wildman–Crippen MR) is 102 cm³/mol. The number of rotatable bonds is 7. The Morgan fingerprint density at radius 3 is 2.24 bits per heavy atom. The zero-order valence-corrected chi connectivity index (χ0v) is 16.5. The van der Waals surface area contributed by atoms with Crippen LogP contribution in [0.5, 0.6) is 0 Å². The average molecular weight is 356 g/mol. The van der Waals surface area contributed by atoms with E-state index in [9.17, 15) is 0 Å². The van der Waals surface area contributed by atoms with Gasteiger partial charge in [-0.3, -0.25) is 14.8 Å². The summed E-state index contributed by atoms with van der Waals surface area (Å²) in [6.45, 7) is 17.2. The van der Waals surface area contributed by atoms with Gasteiger partial charge in [-0.15, -0.1) is 0 Å². The van der Waals surface area contributed by atoms with Crippen LogP contribution in [0.1, 0.15) is 20.8 Å². The fourth-order valence-corrected chi connectivity index (χ4v) is 3.36. The fourth-order valence-electron chi connectivity index (χ4n) is 3.36. The smallest absolute Gasteiger partial charge is 0.191 e. The summed E-state index contributed by atoms with van der Waals surface area (Å²) >= 11 is 0. The molecule has 2 saturated heterocycles. The van der Waals surface area contributed by atoms with E-state index in [1.165, 1.54) is 0 Å². The average Bonchev–Trinajstić information content (AvgIpc) is 2.63. The van der Waals surface area contributed by atoms with E-state index in [2.05, 4.69) is 46.2 Å². The first-order chi connectivity index (χ1) is 12.0. The number of guanidine groups is 1. The lowest BCUT2D eigenvalue weighted by molar-refractivity contribution is -0.00834.